The number of carbonyl (C=O) groups excluding carboxylic acids is 1. The summed E-state index contributed by atoms with van der Waals surface area (Å²) in [7, 11) is 0. The first-order chi connectivity index (χ1) is 8.73. The Morgan fingerprint density at radius 3 is 2.47 bits per heavy atom. The number of benzene rings is 1. The Morgan fingerprint density at radius 2 is 2.00 bits per heavy atom. The standard InChI is InChI=1S/C14H22N2O3/c1-9-8-11(10(2)19-15)6-7-12(9)16-13(17)18-14(3,4)5/h6-8,10H,15H2,1-5H3,(H,16,17). The molecule has 0 saturated carbocycles. The summed E-state index contributed by atoms with van der Waals surface area (Å²) >= 11 is 0. The summed E-state index contributed by atoms with van der Waals surface area (Å²) in [5, 5.41) is 2.72. The van der Waals surface area contributed by atoms with Gasteiger partial charge in [-0.05, 0) is 51.8 Å². The van der Waals surface area contributed by atoms with Crippen LogP contribution in [0.3, 0.4) is 0 Å². The third kappa shape index (κ3) is 4.89. The molecule has 0 radical (unpaired) electrons. The average molecular weight is 266 g/mol. The molecule has 0 saturated heterocycles. The summed E-state index contributed by atoms with van der Waals surface area (Å²) in [5.41, 5.74) is 2.07. The topological polar surface area (TPSA) is 73.6 Å². The molecule has 5 nitrogen and oxygen atoms in total. The fourth-order valence-corrected chi connectivity index (χ4v) is 1.57. The van der Waals surface area contributed by atoms with E-state index < -0.39 is 11.7 Å². The molecule has 106 valence electrons. The van der Waals surface area contributed by atoms with Gasteiger partial charge < -0.3 is 4.74 Å². The zero-order chi connectivity index (χ0) is 14.6. The number of aryl methyl sites for hydroxylation is 1. The highest BCUT2D eigenvalue weighted by atomic mass is 16.6. The number of carbonyl (C=O) groups is 1. The highest BCUT2D eigenvalue weighted by molar-refractivity contribution is 5.85. The predicted octanol–water partition coefficient (Wildman–Crippen LogP) is 3.29. The third-order valence-electron chi connectivity index (χ3n) is 2.56. The van der Waals surface area contributed by atoms with Gasteiger partial charge in [0.2, 0.25) is 0 Å². The lowest BCUT2D eigenvalue weighted by Crippen LogP contribution is -2.27. The van der Waals surface area contributed by atoms with Crippen LogP contribution in [0.2, 0.25) is 0 Å². The average Bonchev–Trinajstić information content (AvgIpc) is 2.28. The predicted molar refractivity (Wildman–Crippen MR) is 74.7 cm³/mol. The van der Waals surface area contributed by atoms with Crippen molar-refractivity contribution in [2.24, 2.45) is 5.90 Å². The lowest BCUT2D eigenvalue weighted by Gasteiger charge is -2.20. The van der Waals surface area contributed by atoms with Gasteiger partial charge >= 0.3 is 6.09 Å². The first kappa shape index (κ1) is 15.5. The van der Waals surface area contributed by atoms with Crippen LogP contribution in [0.15, 0.2) is 18.2 Å². The molecule has 0 aliphatic rings. The number of hydrogen-bond donors (Lipinski definition) is 2. The first-order valence-corrected chi connectivity index (χ1v) is 6.19. The summed E-state index contributed by atoms with van der Waals surface area (Å²) in [4.78, 5) is 16.4. The molecule has 0 heterocycles. The van der Waals surface area contributed by atoms with Crippen LogP contribution in [0.4, 0.5) is 10.5 Å². The molecule has 1 rings (SSSR count). The van der Waals surface area contributed by atoms with E-state index in [1.54, 1.807) is 0 Å². The monoisotopic (exact) mass is 266 g/mol. The number of amides is 1. The van der Waals surface area contributed by atoms with Crippen molar-refractivity contribution in [3.05, 3.63) is 29.3 Å². The van der Waals surface area contributed by atoms with Gasteiger partial charge in [0, 0.05) is 5.69 Å². The Labute approximate surface area is 114 Å². The fourth-order valence-electron chi connectivity index (χ4n) is 1.57. The van der Waals surface area contributed by atoms with E-state index in [9.17, 15) is 4.79 Å². The van der Waals surface area contributed by atoms with Gasteiger partial charge in [-0.25, -0.2) is 10.7 Å². The summed E-state index contributed by atoms with van der Waals surface area (Å²) < 4.78 is 5.20. The molecule has 3 N–H and O–H groups in total. The summed E-state index contributed by atoms with van der Waals surface area (Å²) in [6, 6.07) is 5.59. The van der Waals surface area contributed by atoms with Crippen LogP contribution < -0.4 is 11.2 Å². The van der Waals surface area contributed by atoms with Gasteiger partial charge in [-0.1, -0.05) is 12.1 Å². The van der Waals surface area contributed by atoms with Crippen LogP contribution >= 0.6 is 0 Å². The molecular weight excluding hydrogens is 244 g/mol. The third-order valence-corrected chi connectivity index (χ3v) is 2.56. The van der Waals surface area contributed by atoms with Crippen molar-refractivity contribution in [1.82, 2.24) is 0 Å². The van der Waals surface area contributed by atoms with E-state index in [0.29, 0.717) is 5.69 Å². The molecule has 0 bridgehead atoms. The molecule has 19 heavy (non-hydrogen) atoms. The molecule has 1 unspecified atom stereocenters. The highest BCUT2D eigenvalue weighted by Crippen LogP contribution is 2.22. The number of rotatable bonds is 3. The summed E-state index contributed by atoms with van der Waals surface area (Å²) in [5.74, 6) is 5.15. The van der Waals surface area contributed by atoms with E-state index in [4.69, 9.17) is 15.5 Å². The minimum Gasteiger partial charge on any atom is -0.444 e. The van der Waals surface area contributed by atoms with Crippen molar-refractivity contribution in [2.75, 3.05) is 5.32 Å². The van der Waals surface area contributed by atoms with Gasteiger partial charge in [0.1, 0.15) is 11.7 Å². The zero-order valence-electron chi connectivity index (χ0n) is 12.1. The van der Waals surface area contributed by atoms with Crippen LogP contribution in [-0.2, 0) is 9.57 Å². The molecule has 0 spiro atoms. The molecule has 1 atom stereocenters. The molecule has 0 aromatic heterocycles. The van der Waals surface area contributed by atoms with Gasteiger partial charge in [0.15, 0.2) is 0 Å². The molecular formula is C14H22N2O3. The number of nitrogens with one attached hydrogen (secondary N) is 1. The molecule has 0 aliphatic carbocycles. The van der Waals surface area contributed by atoms with Crippen LogP contribution in [0.1, 0.15) is 44.9 Å². The van der Waals surface area contributed by atoms with Gasteiger partial charge in [-0.3, -0.25) is 10.2 Å². The van der Waals surface area contributed by atoms with Crippen molar-refractivity contribution in [1.29, 1.82) is 0 Å². The van der Waals surface area contributed by atoms with E-state index in [0.717, 1.165) is 11.1 Å². The van der Waals surface area contributed by atoms with E-state index >= 15 is 0 Å². The normalized spacial score (nSPS) is 12.9. The van der Waals surface area contributed by atoms with Gasteiger partial charge in [-0.2, -0.15) is 0 Å². The van der Waals surface area contributed by atoms with E-state index in [-0.39, 0.29) is 6.10 Å². The van der Waals surface area contributed by atoms with Crippen molar-refractivity contribution in [2.45, 2.75) is 46.3 Å². The van der Waals surface area contributed by atoms with Gasteiger partial charge in [0.05, 0.1) is 0 Å². The Balaban J connectivity index is 2.78. The maximum atomic E-state index is 11.7. The lowest BCUT2D eigenvalue weighted by atomic mass is 10.1. The Hall–Kier alpha value is -1.59. The zero-order valence-corrected chi connectivity index (χ0v) is 12.1. The second kappa shape index (κ2) is 6.04. The van der Waals surface area contributed by atoms with Gasteiger partial charge in [-0.15, -0.1) is 0 Å². The van der Waals surface area contributed by atoms with Crippen molar-refractivity contribution in [3.8, 4) is 0 Å². The molecule has 0 aliphatic heterocycles. The van der Waals surface area contributed by atoms with Crippen molar-refractivity contribution in [3.63, 3.8) is 0 Å². The van der Waals surface area contributed by atoms with Crippen molar-refractivity contribution < 1.29 is 14.4 Å². The van der Waals surface area contributed by atoms with E-state index in [2.05, 4.69) is 5.32 Å². The van der Waals surface area contributed by atoms with Crippen LogP contribution in [0.25, 0.3) is 0 Å². The number of hydrogen-bond acceptors (Lipinski definition) is 4. The number of anilines is 1. The van der Waals surface area contributed by atoms with Crippen LogP contribution in [0.5, 0.6) is 0 Å². The van der Waals surface area contributed by atoms with Crippen LogP contribution in [-0.4, -0.2) is 11.7 Å². The minimum absolute atomic E-state index is 0.186. The maximum Gasteiger partial charge on any atom is 0.412 e. The first-order valence-electron chi connectivity index (χ1n) is 6.19. The van der Waals surface area contributed by atoms with E-state index in [1.807, 2.05) is 52.8 Å². The molecule has 5 heteroatoms. The molecule has 1 amide bonds. The Bertz CT molecular complexity index is 452. The number of ether oxygens (including phenoxy) is 1. The highest BCUT2D eigenvalue weighted by Gasteiger charge is 2.17. The SMILES string of the molecule is Cc1cc(C(C)ON)ccc1NC(=O)OC(C)(C)C. The lowest BCUT2D eigenvalue weighted by molar-refractivity contribution is 0.0636. The number of nitrogens with two attached hydrogens (primary N) is 1. The Morgan fingerprint density at radius 1 is 1.37 bits per heavy atom. The quantitative estimate of drug-likeness (QED) is 0.823. The largest absolute Gasteiger partial charge is 0.444 e. The summed E-state index contributed by atoms with van der Waals surface area (Å²) in [6.45, 7) is 9.23. The minimum atomic E-state index is -0.514. The molecule has 0 fully saturated rings. The second-order valence-electron chi connectivity index (χ2n) is 5.48. The van der Waals surface area contributed by atoms with E-state index in [1.165, 1.54) is 0 Å². The van der Waals surface area contributed by atoms with Crippen LogP contribution in [0, 0.1) is 6.92 Å². The summed E-state index contributed by atoms with van der Waals surface area (Å²) in [6.07, 6.45) is -0.652. The van der Waals surface area contributed by atoms with Gasteiger partial charge in [0.25, 0.3) is 0 Å². The second-order valence-corrected chi connectivity index (χ2v) is 5.48. The smallest absolute Gasteiger partial charge is 0.412 e. The van der Waals surface area contributed by atoms with Crippen molar-refractivity contribution >= 4 is 11.8 Å². The molecule has 1 aromatic rings. The fraction of sp³-hybridized carbons (Fsp3) is 0.500. The molecule has 1 aromatic carbocycles. The maximum absolute atomic E-state index is 11.7. The Kier molecular flexibility index (Phi) is 4.91.